The summed E-state index contributed by atoms with van der Waals surface area (Å²) in [6, 6.07) is 20.3. The molecule has 2 atom stereocenters. The molecular weight excluding hydrogens is 503 g/mol. The highest BCUT2D eigenvalue weighted by Crippen LogP contribution is 2.48. The minimum absolute atomic E-state index is 0.0143. The van der Waals surface area contributed by atoms with Crippen molar-refractivity contribution in [2.75, 3.05) is 12.4 Å². The molecule has 0 unspecified atom stereocenters. The van der Waals surface area contributed by atoms with Gasteiger partial charge in [0.1, 0.15) is 17.1 Å². The zero-order valence-electron chi connectivity index (χ0n) is 20.1. The van der Waals surface area contributed by atoms with Gasteiger partial charge in [-0.25, -0.2) is 8.42 Å². The number of nitrogens with one attached hydrogen (secondary N) is 1. The van der Waals surface area contributed by atoms with E-state index < -0.39 is 20.9 Å². The average molecular weight is 532 g/mol. The van der Waals surface area contributed by atoms with Crippen molar-refractivity contribution in [3.05, 3.63) is 93.5 Å². The Labute approximate surface area is 217 Å². The molecule has 1 aliphatic heterocycles. The molecular formula is C27H28Cl2N2O3S. The Bertz CT molecular complexity index is 1370. The van der Waals surface area contributed by atoms with Gasteiger partial charge < -0.3 is 10.1 Å². The van der Waals surface area contributed by atoms with Gasteiger partial charge in [-0.3, -0.25) is 4.99 Å². The number of aliphatic imine (C=N–C) groups is 1. The minimum Gasteiger partial charge on any atom is -0.493 e. The van der Waals surface area contributed by atoms with Crippen molar-refractivity contribution in [2.45, 2.75) is 43.7 Å². The number of rotatable bonds is 7. The van der Waals surface area contributed by atoms with Crippen LogP contribution in [-0.4, -0.2) is 26.6 Å². The second kappa shape index (κ2) is 9.49. The summed E-state index contributed by atoms with van der Waals surface area (Å²) in [4.78, 5) is 5.43. The summed E-state index contributed by atoms with van der Waals surface area (Å²) in [5.74, 6) is 1.09. The molecule has 3 aromatic rings. The lowest BCUT2D eigenvalue weighted by atomic mass is 9.72. The van der Waals surface area contributed by atoms with E-state index in [1.807, 2.05) is 55.5 Å². The average Bonchev–Trinajstić information content (AvgIpc) is 3.12. The molecule has 35 heavy (non-hydrogen) atoms. The molecule has 5 nitrogen and oxygen atoms in total. The standard InChI is InChI=1S/C27H28Cl2N2O3S/c1-5-34-24-17-22(35(32,33)6-2)15-16-23(24)25-30-26(3,18-7-11-20(28)12-8-18)27(4,31-25)19-9-13-21(29)14-10-19/h7-17H,5-6H2,1-4H3,(H,30,31)/t26-,27-/m0/s1. The summed E-state index contributed by atoms with van der Waals surface area (Å²) < 4.78 is 30.9. The number of ether oxygens (including phenoxy) is 1. The topological polar surface area (TPSA) is 67.8 Å². The fourth-order valence-corrected chi connectivity index (χ4v) is 5.59. The molecule has 0 saturated heterocycles. The van der Waals surface area contributed by atoms with Gasteiger partial charge in [-0.05, 0) is 74.4 Å². The third-order valence-corrected chi connectivity index (χ3v) is 8.99. The van der Waals surface area contributed by atoms with Crippen molar-refractivity contribution in [1.29, 1.82) is 0 Å². The number of hydrogen-bond donors (Lipinski definition) is 1. The van der Waals surface area contributed by atoms with Crippen LogP contribution in [0.4, 0.5) is 0 Å². The molecule has 184 valence electrons. The molecule has 1 aliphatic rings. The summed E-state index contributed by atoms with van der Waals surface area (Å²) in [7, 11) is -3.38. The molecule has 0 bridgehead atoms. The van der Waals surface area contributed by atoms with Crippen molar-refractivity contribution in [2.24, 2.45) is 4.99 Å². The van der Waals surface area contributed by atoms with Crippen LogP contribution in [0.2, 0.25) is 10.0 Å². The molecule has 0 fully saturated rings. The number of benzene rings is 3. The van der Waals surface area contributed by atoms with Crippen molar-refractivity contribution < 1.29 is 13.2 Å². The lowest BCUT2D eigenvalue weighted by Crippen LogP contribution is -2.50. The second-order valence-corrected chi connectivity index (χ2v) is 11.9. The van der Waals surface area contributed by atoms with E-state index in [0.29, 0.717) is 33.8 Å². The third-order valence-electron chi connectivity index (χ3n) is 6.75. The van der Waals surface area contributed by atoms with Gasteiger partial charge in [-0.15, -0.1) is 0 Å². The lowest BCUT2D eigenvalue weighted by molar-refractivity contribution is 0.268. The van der Waals surface area contributed by atoms with Crippen LogP contribution in [0, 0.1) is 0 Å². The first kappa shape index (κ1) is 25.5. The van der Waals surface area contributed by atoms with E-state index in [0.717, 1.165) is 11.1 Å². The molecule has 1 N–H and O–H groups in total. The maximum absolute atomic E-state index is 12.5. The van der Waals surface area contributed by atoms with Crippen molar-refractivity contribution in [3.63, 3.8) is 0 Å². The van der Waals surface area contributed by atoms with Gasteiger partial charge in [0.15, 0.2) is 9.84 Å². The van der Waals surface area contributed by atoms with E-state index in [2.05, 4.69) is 19.2 Å². The Morgan fingerprint density at radius 1 is 0.886 bits per heavy atom. The van der Waals surface area contributed by atoms with E-state index in [1.54, 1.807) is 25.1 Å². The zero-order valence-corrected chi connectivity index (χ0v) is 22.4. The summed E-state index contributed by atoms with van der Waals surface area (Å²) in [5, 5.41) is 4.93. The quantitative estimate of drug-likeness (QED) is 0.385. The number of halogens is 2. The van der Waals surface area contributed by atoms with Crippen LogP contribution in [0.15, 0.2) is 76.6 Å². The second-order valence-electron chi connectivity index (χ2n) is 8.79. The van der Waals surface area contributed by atoms with Crippen LogP contribution in [0.5, 0.6) is 5.75 Å². The van der Waals surface area contributed by atoms with E-state index in [1.165, 1.54) is 0 Å². The molecule has 3 aromatic carbocycles. The Balaban J connectivity index is 1.90. The molecule has 0 spiro atoms. The summed E-state index contributed by atoms with van der Waals surface area (Å²) in [6.07, 6.45) is 0. The molecule has 1 heterocycles. The van der Waals surface area contributed by atoms with Gasteiger partial charge in [-0.2, -0.15) is 0 Å². The molecule has 0 aliphatic carbocycles. The van der Waals surface area contributed by atoms with Gasteiger partial charge in [0, 0.05) is 10.0 Å². The summed E-state index contributed by atoms with van der Waals surface area (Å²) in [5.41, 5.74) is 1.29. The van der Waals surface area contributed by atoms with Crippen LogP contribution in [0.25, 0.3) is 0 Å². The van der Waals surface area contributed by atoms with Gasteiger partial charge in [0.05, 0.1) is 28.4 Å². The Morgan fingerprint density at radius 2 is 1.46 bits per heavy atom. The van der Waals surface area contributed by atoms with Crippen LogP contribution in [0.3, 0.4) is 0 Å². The molecule has 8 heteroatoms. The number of hydrogen-bond acceptors (Lipinski definition) is 5. The first-order chi connectivity index (χ1) is 16.5. The summed E-state index contributed by atoms with van der Waals surface area (Å²) >= 11 is 12.4. The molecule has 0 saturated carbocycles. The van der Waals surface area contributed by atoms with Gasteiger partial charge in [0.2, 0.25) is 0 Å². The maximum atomic E-state index is 12.5. The van der Waals surface area contributed by atoms with E-state index in [4.69, 9.17) is 32.9 Å². The predicted molar refractivity (Wildman–Crippen MR) is 143 cm³/mol. The number of sulfone groups is 1. The minimum atomic E-state index is -3.38. The smallest absolute Gasteiger partial charge is 0.178 e. The number of amidine groups is 1. The van der Waals surface area contributed by atoms with Crippen LogP contribution < -0.4 is 10.1 Å². The van der Waals surface area contributed by atoms with Crippen LogP contribution in [-0.2, 0) is 20.9 Å². The largest absolute Gasteiger partial charge is 0.493 e. The Hall–Kier alpha value is -2.54. The highest BCUT2D eigenvalue weighted by atomic mass is 35.5. The van der Waals surface area contributed by atoms with Gasteiger partial charge >= 0.3 is 0 Å². The molecule has 0 radical (unpaired) electrons. The van der Waals surface area contributed by atoms with Crippen molar-refractivity contribution in [1.82, 2.24) is 5.32 Å². The third kappa shape index (κ3) is 4.55. The first-order valence-corrected chi connectivity index (χ1v) is 13.8. The maximum Gasteiger partial charge on any atom is 0.178 e. The highest BCUT2D eigenvalue weighted by Gasteiger charge is 2.52. The monoisotopic (exact) mass is 530 g/mol. The van der Waals surface area contributed by atoms with Crippen molar-refractivity contribution in [3.8, 4) is 5.75 Å². The SMILES string of the molecule is CCOc1cc(S(=O)(=O)CC)ccc1C1=N[C@@](C)(c2ccc(Cl)cc2)[C@](C)(c2ccc(Cl)cc2)N1. The highest BCUT2D eigenvalue weighted by molar-refractivity contribution is 7.91. The summed E-state index contributed by atoms with van der Waals surface area (Å²) in [6.45, 7) is 8.04. The van der Waals surface area contributed by atoms with E-state index >= 15 is 0 Å². The molecule has 0 aromatic heterocycles. The first-order valence-electron chi connectivity index (χ1n) is 11.4. The van der Waals surface area contributed by atoms with E-state index in [9.17, 15) is 8.42 Å². The Morgan fingerprint density at radius 3 is 2.00 bits per heavy atom. The lowest BCUT2D eigenvalue weighted by Gasteiger charge is -2.40. The normalized spacial score (nSPS) is 21.9. The zero-order chi connectivity index (χ0) is 25.4. The van der Waals surface area contributed by atoms with Crippen molar-refractivity contribution >= 4 is 38.9 Å². The van der Waals surface area contributed by atoms with Gasteiger partial charge in [-0.1, -0.05) is 54.4 Å². The fourth-order valence-electron chi connectivity index (χ4n) is 4.45. The molecule has 0 amide bonds. The fraction of sp³-hybridized carbons (Fsp3) is 0.296. The van der Waals surface area contributed by atoms with Gasteiger partial charge in [0.25, 0.3) is 0 Å². The van der Waals surface area contributed by atoms with Crippen LogP contribution >= 0.6 is 23.2 Å². The predicted octanol–water partition coefficient (Wildman–Crippen LogP) is 6.37. The van der Waals surface area contributed by atoms with Crippen LogP contribution in [0.1, 0.15) is 44.4 Å². The number of nitrogens with zero attached hydrogens (tertiary/aromatic N) is 1. The van der Waals surface area contributed by atoms with E-state index in [-0.39, 0.29) is 10.6 Å². The Kier molecular flexibility index (Phi) is 6.93. The molecule has 4 rings (SSSR count).